The van der Waals surface area contributed by atoms with Gasteiger partial charge in [-0.15, -0.1) is 0 Å². The van der Waals surface area contributed by atoms with Crippen LogP contribution in [0.1, 0.15) is 108 Å². The second kappa shape index (κ2) is 14.9. The van der Waals surface area contributed by atoms with Gasteiger partial charge in [0.15, 0.2) is 0 Å². The average molecular weight is 982 g/mol. The number of benzene rings is 6. The zero-order valence-electron chi connectivity index (χ0n) is 35.2. The summed E-state index contributed by atoms with van der Waals surface area (Å²) in [5, 5.41) is 2.97. The van der Waals surface area contributed by atoms with Crippen molar-refractivity contribution in [1.29, 1.82) is 0 Å². The molecule has 2 aliphatic carbocycles. The predicted molar refractivity (Wildman–Crippen MR) is 254 cm³/mol. The molecule has 1 heterocycles. The van der Waals surface area contributed by atoms with E-state index in [1.165, 1.54) is 91.6 Å². The van der Waals surface area contributed by atoms with Gasteiger partial charge in [-0.2, -0.15) is 0 Å². The van der Waals surface area contributed by atoms with Gasteiger partial charge in [0.05, 0.1) is 0 Å². The second-order valence-electron chi connectivity index (χ2n) is 18.4. The fraction of sp³-hybridized carbons (Fsp3) is 0.259. The van der Waals surface area contributed by atoms with Crippen LogP contribution in [0, 0.1) is 11.8 Å². The number of halogens is 2. The van der Waals surface area contributed by atoms with Crippen LogP contribution in [0.15, 0.2) is 139 Å². The van der Waals surface area contributed by atoms with Crippen molar-refractivity contribution >= 4 is 52.5 Å². The SMILES string of the molecule is CC(C)C1=Cc2c(-c3ccccc3C(C)C)cccc2[CH]1[Hf]([Cl])([Cl])([c]1cccc2c1[SiH2]c1ccccc1-2)[CH]1C(C(C)C)=Cc2c(-c3ccccc3C(C)C)cccc21. The third-order valence-electron chi connectivity index (χ3n) is 13.7. The monoisotopic (exact) mass is 981 g/mol. The van der Waals surface area contributed by atoms with Gasteiger partial charge < -0.3 is 0 Å². The molecule has 0 N–H and O–H groups in total. The molecule has 0 saturated carbocycles. The summed E-state index contributed by atoms with van der Waals surface area (Å²) < 4.78 is 1.10. The molecule has 0 amide bonds. The minimum atomic E-state index is -5.84. The molecule has 0 radical (unpaired) electrons. The predicted octanol–water partition coefficient (Wildman–Crippen LogP) is 13.6. The molecule has 58 heavy (non-hydrogen) atoms. The Kier molecular flexibility index (Phi) is 10.2. The van der Waals surface area contributed by atoms with Crippen LogP contribution in [-0.2, 0) is 16.1 Å². The Morgan fingerprint density at radius 2 is 0.845 bits per heavy atom. The molecule has 2 unspecified atom stereocenters. The molecule has 3 aliphatic rings. The van der Waals surface area contributed by atoms with Crippen molar-refractivity contribution in [3.8, 4) is 33.4 Å². The van der Waals surface area contributed by atoms with Crippen LogP contribution in [0.5, 0.6) is 0 Å². The molecular weight excluding hydrogens is 926 g/mol. The Bertz CT molecular complexity index is 2540. The van der Waals surface area contributed by atoms with Crippen LogP contribution in [-0.4, -0.2) is 9.52 Å². The van der Waals surface area contributed by atoms with Gasteiger partial charge in [-0.1, -0.05) is 0 Å². The summed E-state index contributed by atoms with van der Waals surface area (Å²) in [7, 11) is 17.9. The Labute approximate surface area is 357 Å². The van der Waals surface area contributed by atoms with E-state index < -0.39 is 25.7 Å². The van der Waals surface area contributed by atoms with E-state index in [1.54, 1.807) is 0 Å². The van der Waals surface area contributed by atoms with E-state index in [2.05, 4.69) is 195 Å². The number of fused-ring (bicyclic) bond motifs is 5. The van der Waals surface area contributed by atoms with Crippen molar-refractivity contribution in [1.82, 2.24) is 0 Å². The van der Waals surface area contributed by atoms with Gasteiger partial charge in [-0.25, -0.2) is 0 Å². The van der Waals surface area contributed by atoms with E-state index in [1.807, 2.05) is 0 Å². The summed E-state index contributed by atoms with van der Waals surface area (Å²) in [6.45, 7) is 18.7. The van der Waals surface area contributed by atoms with Crippen molar-refractivity contribution in [2.24, 2.45) is 11.8 Å². The zero-order valence-corrected chi connectivity index (χ0v) is 41.7. The number of allylic oxidation sites excluding steroid dienone is 2. The number of hydrogen-bond donors (Lipinski definition) is 0. The molecule has 0 saturated heterocycles. The molecule has 2 atom stereocenters. The molecule has 0 fully saturated rings. The van der Waals surface area contributed by atoms with Gasteiger partial charge in [0.1, 0.15) is 0 Å². The fourth-order valence-corrected chi connectivity index (χ4v) is 50.6. The van der Waals surface area contributed by atoms with Gasteiger partial charge in [-0.05, 0) is 0 Å². The second-order valence-corrected chi connectivity index (χ2v) is 49.5. The Balaban J connectivity index is 1.38. The van der Waals surface area contributed by atoms with Crippen LogP contribution in [0.3, 0.4) is 0 Å². The number of rotatable bonds is 9. The Hall–Kier alpha value is -3.53. The summed E-state index contributed by atoms with van der Waals surface area (Å²) in [5.74, 6) is 1.29. The molecule has 6 aromatic rings. The summed E-state index contributed by atoms with van der Waals surface area (Å²) in [5.41, 5.74) is 18.6. The van der Waals surface area contributed by atoms with Crippen LogP contribution in [0.4, 0.5) is 0 Å². The topological polar surface area (TPSA) is 0 Å². The average Bonchev–Trinajstić information content (AvgIpc) is 3.94. The minimum absolute atomic E-state index is 0.101. The molecule has 0 bridgehead atoms. The molecule has 0 spiro atoms. The Morgan fingerprint density at radius 3 is 1.33 bits per heavy atom. The first kappa shape index (κ1) is 39.9. The van der Waals surface area contributed by atoms with Gasteiger partial charge in [0, 0.05) is 0 Å². The van der Waals surface area contributed by atoms with Crippen LogP contribution >= 0.6 is 17.2 Å². The number of hydrogen-bond acceptors (Lipinski definition) is 0. The van der Waals surface area contributed by atoms with Gasteiger partial charge in [0.2, 0.25) is 0 Å². The standard InChI is InChI=1S/2C21H23.C12H9Si.2ClH.Hf/c2*1-14(2)17-12-16-8-7-11-20(21(16)13-17)19-10-6-5-9-18(19)15(3)4;1-3-7-11-9(5-1)10-6-2-4-8-12(10)13-11;;;/h2*5-15H,1-4H3;1-7H,13H2;2*1H;/q;;;;;+2/p-2. The first-order valence-corrected chi connectivity index (χ1v) is 37.7. The van der Waals surface area contributed by atoms with E-state index in [9.17, 15) is 17.2 Å². The van der Waals surface area contributed by atoms with Crippen molar-refractivity contribution in [3.05, 3.63) is 172 Å². The van der Waals surface area contributed by atoms with Gasteiger partial charge in [-0.3, -0.25) is 0 Å². The maximum atomic E-state index is 9.38. The van der Waals surface area contributed by atoms with Crippen molar-refractivity contribution in [3.63, 3.8) is 0 Å². The quantitative estimate of drug-likeness (QED) is 0.126. The van der Waals surface area contributed by atoms with E-state index in [-0.39, 0.29) is 19.2 Å². The molecular formula is C54H55Cl2HfSi. The molecule has 0 nitrogen and oxygen atoms in total. The van der Waals surface area contributed by atoms with E-state index in [0.29, 0.717) is 11.8 Å². The van der Waals surface area contributed by atoms with Crippen molar-refractivity contribution in [2.45, 2.75) is 74.6 Å². The van der Waals surface area contributed by atoms with E-state index in [0.717, 1.165) is 0 Å². The first-order valence-electron chi connectivity index (χ1n) is 21.5. The zero-order chi connectivity index (χ0) is 40.7. The maximum absolute atomic E-state index is 9.38. The first-order chi connectivity index (χ1) is 27.8. The summed E-state index contributed by atoms with van der Waals surface area (Å²) in [4.78, 5) is 0. The van der Waals surface area contributed by atoms with Crippen molar-refractivity contribution < 1.29 is 16.1 Å². The third kappa shape index (κ3) is 6.06. The van der Waals surface area contributed by atoms with E-state index >= 15 is 0 Å². The fourth-order valence-electron chi connectivity index (χ4n) is 11.1. The Morgan fingerprint density at radius 1 is 0.431 bits per heavy atom. The summed E-state index contributed by atoms with van der Waals surface area (Å²) >= 11 is -5.84. The van der Waals surface area contributed by atoms with Crippen LogP contribution in [0.2, 0.25) is 0 Å². The summed E-state index contributed by atoms with van der Waals surface area (Å²) in [6.07, 6.45) is 5.05. The molecule has 293 valence electrons. The van der Waals surface area contributed by atoms with Gasteiger partial charge in [0.25, 0.3) is 0 Å². The van der Waals surface area contributed by atoms with E-state index in [4.69, 9.17) is 0 Å². The molecule has 6 aromatic carbocycles. The van der Waals surface area contributed by atoms with Crippen LogP contribution in [0.25, 0.3) is 45.5 Å². The van der Waals surface area contributed by atoms with Gasteiger partial charge >= 0.3 is 360 Å². The molecule has 9 rings (SSSR count). The normalized spacial score (nSPS) is 18.0. The molecule has 1 aliphatic heterocycles. The van der Waals surface area contributed by atoms with Crippen molar-refractivity contribution in [2.75, 3.05) is 0 Å². The van der Waals surface area contributed by atoms with Crippen LogP contribution < -0.4 is 13.7 Å². The third-order valence-corrected chi connectivity index (χ3v) is 45.2. The molecule has 4 heteroatoms. The molecule has 0 aromatic heterocycles. The summed E-state index contributed by atoms with van der Waals surface area (Å²) in [6, 6.07) is 48.0.